The Morgan fingerprint density at radius 2 is 2.12 bits per heavy atom. The lowest BCUT2D eigenvalue weighted by atomic mass is 9.95. The van der Waals surface area contributed by atoms with Gasteiger partial charge in [0.25, 0.3) is 0 Å². The zero-order valence-electron chi connectivity index (χ0n) is 9.65. The molecule has 1 fully saturated rings. The summed E-state index contributed by atoms with van der Waals surface area (Å²) in [6.07, 6.45) is 10.1. The zero-order valence-corrected chi connectivity index (χ0v) is 9.65. The lowest BCUT2D eigenvalue weighted by molar-refractivity contribution is 0.276. The van der Waals surface area contributed by atoms with Crippen molar-refractivity contribution < 1.29 is 5.11 Å². The van der Waals surface area contributed by atoms with Crippen LogP contribution < -0.4 is 0 Å². The summed E-state index contributed by atoms with van der Waals surface area (Å²) in [5.74, 6) is 1.77. The molecule has 2 nitrogen and oxygen atoms in total. The third-order valence-electron chi connectivity index (χ3n) is 4.06. The highest BCUT2D eigenvalue weighted by Crippen LogP contribution is 2.41. The zero-order chi connectivity index (χ0) is 11.0. The Labute approximate surface area is 96.7 Å². The number of aliphatic hydroxyl groups is 1. The van der Waals surface area contributed by atoms with Crippen LogP contribution in [-0.4, -0.2) is 10.1 Å². The van der Waals surface area contributed by atoms with Crippen molar-refractivity contribution in [2.75, 3.05) is 0 Å². The number of nitrogens with zero attached hydrogens (tertiary/aromatic N) is 1. The van der Waals surface area contributed by atoms with Crippen LogP contribution in [-0.2, 0) is 13.0 Å². The normalized spacial score (nSPS) is 23.4. The Hall–Kier alpha value is -0.890. The topological polar surface area (TPSA) is 33.1 Å². The van der Waals surface area contributed by atoms with E-state index in [4.69, 9.17) is 5.11 Å². The quantitative estimate of drug-likeness (QED) is 0.841. The summed E-state index contributed by atoms with van der Waals surface area (Å²) >= 11 is 0. The van der Waals surface area contributed by atoms with Crippen molar-refractivity contribution in [3.05, 3.63) is 29.1 Å². The maximum absolute atomic E-state index is 9.12. The van der Waals surface area contributed by atoms with E-state index in [1.54, 1.807) is 0 Å². The Bertz CT molecular complexity index is 384. The van der Waals surface area contributed by atoms with Gasteiger partial charge in [-0.25, -0.2) is 0 Å². The molecule has 0 amide bonds. The number of aliphatic hydroxyl groups excluding tert-OH is 1. The number of pyridine rings is 1. The van der Waals surface area contributed by atoms with Crippen LogP contribution >= 0.6 is 0 Å². The van der Waals surface area contributed by atoms with Crippen molar-refractivity contribution >= 4 is 0 Å². The average Bonchev–Trinajstić information content (AvgIpc) is 3.06. The molecule has 1 aromatic heterocycles. The SMILES string of the molecule is OCc1cc2c(cn1)CCC2CCC1CC1. The Kier molecular flexibility index (Phi) is 2.68. The molecule has 0 aliphatic heterocycles. The molecule has 1 saturated carbocycles. The number of fused-ring (bicyclic) bond motifs is 1. The van der Waals surface area contributed by atoms with Crippen molar-refractivity contribution in [1.29, 1.82) is 0 Å². The van der Waals surface area contributed by atoms with E-state index < -0.39 is 0 Å². The molecule has 0 radical (unpaired) electrons. The minimum Gasteiger partial charge on any atom is -0.390 e. The molecule has 2 aliphatic carbocycles. The summed E-state index contributed by atoms with van der Waals surface area (Å²) in [6, 6.07) is 2.12. The molecule has 2 heteroatoms. The smallest absolute Gasteiger partial charge is 0.0853 e. The molecule has 1 heterocycles. The largest absolute Gasteiger partial charge is 0.390 e. The third-order valence-corrected chi connectivity index (χ3v) is 4.06. The van der Waals surface area contributed by atoms with Gasteiger partial charge in [-0.05, 0) is 54.7 Å². The number of hydrogen-bond donors (Lipinski definition) is 1. The van der Waals surface area contributed by atoms with E-state index in [-0.39, 0.29) is 6.61 Å². The molecule has 86 valence electrons. The molecule has 1 atom stereocenters. The lowest BCUT2D eigenvalue weighted by Crippen LogP contribution is -1.97. The van der Waals surface area contributed by atoms with Gasteiger partial charge in [-0.1, -0.05) is 12.8 Å². The Morgan fingerprint density at radius 3 is 2.88 bits per heavy atom. The molecular weight excluding hydrogens is 198 g/mol. The first-order valence-corrected chi connectivity index (χ1v) is 6.45. The average molecular weight is 217 g/mol. The number of aryl methyl sites for hydroxylation is 1. The van der Waals surface area contributed by atoms with E-state index in [1.165, 1.54) is 49.7 Å². The Morgan fingerprint density at radius 1 is 1.25 bits per heavy atom. The number of aromatic nitrogens is 1. The minimum absolute atomic E-state index is 0.0720. The van der Waals surface area contributed by atoms with Crippen LogP contribution in [0, 0.1) is 5.92 Å². The van der Waals surface area contributed by atoms with Gasteiger partial charge in [0.15, 0.2) is 0 Å². The van der Waals surface area contributed by atoms with Gasteiger partial charge in [-0.2, -0.15) is 0 Å². The van der Waals surface area contributed by atoms with Crippen LogP contribution in [0.4, 0.5) is 0 Å². The molecule has 1 unspecified atom stereocenters. The molecule has 1 aromatic rings. The fourth-order valence-corrected chi connectivity index (χ4v) is 2.85. The molecule has 1 N–H and O–H groups in total. The molecule has 0 spiro atoms. The van der Waals surface area contributed by atoms with Gasteiger partial charge in [0.1, 0.15) is 0 Å². The number of hydrogen-bond acceptors (Lipinski definition) is 2. The van der Waals surface area contributed by atoms with Crippen LogP contribution in [0.3, 0.4) is 0 Å². The molecule has 0 aromatic carbocycles. The first kappa shape index (κ1) is 10.3. The molecule has 3 rings (SSSR count). The summed E-state index contributed by atoms with van der Waals surface area (Å²) in [7, 11) is 0. The van der Waals surface area contributed by atoms with Crippen molar-refractivity contribution in [2.24, 2.45) is 5.92 Å². The van der Waals surface area contributed by atoms with Crippen LogP contribution in [0.1, 0.15) is 54.8 Å². The molecule has 0 saturated heterocycles. The maximum atomic E-state index is 9.12. The van der Waals surface area contributed by atoms with E-state index in [2.05, 4.69) is 11.1 Å². The summed E-state index contributed by atoms with van der Waals surface area (Å²) < 4.78 is 0. The van der Waals surface area contributed by atoms with Crippen LogP contribution in [0.25, 0.3) is 0 Å². The van der Waals surface area contributed by atoms with Crippen molar-refractivity contribution in [3.63, 3.8) is 0 Å². The van der Waals surface area contributed by atoms with Crippen LogP contribution in [0.15, 0.2) is 12.3 Å². The van der Waals surface area contributed by atoms with Gasteiger partial charge in [0.2, 0.25) is 0 Å². The second-order valence-corrected chi connectivity index (χ2v) is 5.29. The molecule has 16 heavy (non-hydrogen) atoms. The monoisotopic (exact) mass is 217 g/mol. The van der Waals surface area contributed by atoms with Gasteiger partial charge >= 0.3 is 0 Å². The third kappa shape index (κ3) is 1.99. The first-order chi connectivity index (χ1) is 7.86. The summed E-state index contributed by atoms with van der Waals surface area (Å²) in [5, 5.41) is 9.12. The van der Waals surface area contributed by atoms with E-state index in [0.29, 0.717) is 0 Å². The highest BCUT2D eigenvalue weighted by Gasteiger charge is 2.27. The van der Waals surface area contributed by atoms with Gasteiger partial charge in [0, 0.05) is 6.20 Å². The van der Waals surface area contributed by atoms with E-state index >= 15 is 0 Å². The fraction of sp³-hybridized carbons (Fsp3) is 0.643. The van der Waals surface area contributed by atoms with E-state index in [0.717, 1.165) is 17.5 Å². The van der Waals surface area contributed by atoms with E-state index in [9.17, 15) is 0 Å². The first-order valence-electron chi connectivity index (χ1n) is 6.45. The molecule has 0 bridgehead atoms. The van der Waals surface area contributed by atoms with Crippen molar-refractivity contribution in [3.8, 4) is 0 Å². The predicted molar refractivity (Wildman–Crippen MR) is 63.2 cm³/mol. The standard InChI is InChI=1S/C14H19NO/c16-9-13-7-14-11(4-3-10-1-2-10)5-6-12(14)8-15-13/h7-8,10-11,16H,1-6,9H2. The highest BCUT2D eigenvalue weighted by molar-refractivity contribution is 5.34. The summed E-state index contributed by atoms with van der Waals surface area (Å²) in [4.78, 5) is 4.26. The van der Waals surface area contributed by atoms with Crippen molar-refractivity contribution in [2.45, 2.75) is 51.0 Å². The second kappa shape index (κ2) is 4.17. The Balaban J connectivity index is 1.74. The fourth-order valence-electron chi connectivity index (χ4n) is 2.85. The lowest BCUT2D eigenvalue weighted by Gasteiger charge is -2.11. The molecular formula is C14H19NO. The number of rotatable bonds is 4. The van der Waals surface area contributed by atoms with Gasteiger partial charge < -0.3 is 5.11 Å². The van der Waals surface area contributed by atoms with Crippen LogP contribution in [0.5, 0.6) is 0 Å². The van der Waals surface area contributed by atoms with Gasteiger partial charge in [0.05, 0.1) is 12.3 Å². The predicted octanol–water partition coefficient (Wildman–Crippen LogP) is 2.79. The van der Waals surface area contributed by atoms with Gasteiger partial charge in [-0.15, -0.1) is 0 Å². The summed E-state index contributed by atoms with van der Waals surface area (Å²) in [6.45, 7) is 0.0720. The van der Waals surface area contributed by atoms with Gasteiger partial charge in [-0.3, -0.25) is 4.98 Å². The van der Waals surface area contributed by atoms with Crippen molar-refractivity contribution in [1.82, 2.24) is 4.98 Å². The van der Waals surface area contributed by atoms with E-state index in [1.807, 2.05) is 6.20 Å². The maximum Gasteiger partial charge on any atom is 0.0853 e. The summed E-state index contributed by atoms with van der Waals surface area (Å²) in [5.41, 5.74) is 3.72. The second-order valence-electron chi connectivity index (χ2n) is 5.29. The van der Waals surface area contributed by atoms with Crippen LogP contribution in [0.2, 0.25) is 0 Å². The molecule has 2 aliphatic rings. The minimum atomic E-state index is 0.0720. The highest BCUT2D eigenvalue weighted by atomic mass is 16.3.